The van der Waals surface area contributed by atoms with Crippen molar-refractivity contribution in [3.63, 3.8) is 0 Å². The van der Waals surface area contributed by atoms with Crippen LogP contribution in [-0.4, -0.2) is 70.0 Å². The maximum absolute atomic E-state index is 12.9. The fraction of sp³-hybridized carbons (Fsp3) is 0.810. The molecule has 0 bridgehead atoms. The average Bonchev–Trinajstić information content (AvgIpc) is 2.67. The number of esters is 1. The molecule has 0 radical (unpaired) electrons. The summed E-state index contributed by atoms with van der Waals surface area (Å²) in [7, 11) is 0. The van der Waals surface area contributed by atoms with Crippen molar-refractivity contribution in [2.75, 3.05) is 19.7 Å². The lowest BCUT2D eigenvalue weighted by molar-refractivity contribution is -0.152. The van der Waals surface area contributed by atoms with Crippen LogP contribution in [0.1, 0.15) is 54.4 Å². The van der Waals surface area contributed by atoms with Gasteiger partial charge in [0.25, 0.3) is 0 Å². The third kappa shape index (κ3) is 11.0. The highest BCUT2D eigenvalue weighted by atomic mass is 35.6. The van der Waals surface area contributed by atoms with Gasteiger partial charge < -0.3 is 25.0 Å². The Hall–Kier alpha value is -1.45. The van der Waals surface area contributed by atoms with E-state index in [0.29, 0.717) is 19.4 Å². The van der Waals surface area contributed by atoms with Crippen molar-refractivity contribution < 1.29 is 28.7 Å². The molecule has 0 aromatic heterocycles. The number of carbonyl (C=O) groups is 4. The van der Waals surface area contributed by atoms with E-state index in [1.807, 2.05) is 0 Å². The predicted molar refractivity (Wildman–Crippen MR) is 126 cm³/mol. The van der Waals surface area contributed by atoms with Crippen molar-refractivity contribution in [3.8, 4) is 0 Å². The van der Waals surface area contributed by atoms with Crippen LogP contribution in [0.5, 0.6) is 0 Å². The summed E-state index contributed by atoms with van der Waals surface area (Å²) in [5, 5.41) is 5.20. The highest BCUT2D eigenvalue weighted by Gasteiger charge is 2.34. The van der Waals surface area contributed by atoms with Crippen LogP contribution in [0.4, 0.5) is 4.79 Å². The van der Waals surface area contributed by atoms with Crippen molar-refractivity contribution in [2.45, 2.75) is 75.9 Å². The molecule has 0 saturated carbocycles. The summed E-state index contributed by atoms with van der Waals surface area (Å²) < 4.78 is 8.54. The Balaban J connectivity index is 2.70. The molecule has 0 unspecified atom stereocenters. The van der Waals surface area contributed by atoms with Gasteiger partial charge in [-0.3, -0.25) is 14.4 Å². The van der Waals surface area contributed by atoms with Crippen LogP contribution in [-0.2, 0) is 23.9 Å². The number of alkyl carbamates (subject to hydrolysis) is 1. The molecule has 190 valence electrons. The normalized spacial score (nSPS) is 18.8. The van der Waals surface area contributed by atoms with Crippen molar-refractivity contribution in [3.05, 3.63) is 0 Å². The number of amides is 3. The Morgan fingerprint density at radius 3 is 2.18 bits per heavy atom. The fourth-order valence-electron chi connectivity index (χ4n) is 3.25. The number of alkyl halides is 3. The standard InChI is InChI=1S/C21H34Cl3N3O6/c1-12(2)15(26-19(31)33-20(4,5)6)16(28)25-13(3)17(29)27-9-7-8-14(10-27)18(30)32-11-21(22,23)24/h12-15H,7-11H2,1-6H3,(H,25,28)(H,26,31)/t13-,14+,15-/m0/s1. The molecule has 0 aromatic carbocycles. The summed E-state index contributed by atoms with van der Waals surface area (Å²) in [4.78, 5) is 51.5. The molecule has 2 N–H and O–H groups in total. The van der Waals surface area contributed by atoms with E-state index in [9.17, 15) is 19.2 Å². The average molecular weight is 531 g/mol. The predicted octanol–water partition coefficient (Wildman–Crippen LogP) is 3.19. The Morgan fingerprint density at radius 2 is 1.67 bits per heavy atom. The van der Waals surface area contributed by atoms with Crippen LogP contribution in [0.2, 0.25) is 0 Å². The molecule has 0 aliphatic carbocycles. The number of hydrogen-bond donors (Lipinski definition) is 2. The minimum absolute atomic E-state index is 0.140. The maximum Gasteiger partial charge on any atom is 0.408 e. The highest BCUT2D eigenvalue weighted by Crippen LogP contribution is 2.27. The molecule has 3 atom stereocenters. The number of ether oxygens (including phenoxy) is 2. The summed E-state index contributed by atoms with van der Waals surface area (Å²) in [5.41, 5.74) is -0.712. The molecule has 1 heterocycles. The van der Waals surface area contributed by atoms with E-state index in [-0.39, 0.29) is 25.0 Å². The van der Waals surface area contributed by atoms with Crippen LogP contribution >= 0.6 is 34.8 Å². The second kappa shape index (κ2) is 12.3. The summed E-state index contributed by atoms with van der Waals surface area (Å²) in [6, 6.07) is -1.75. The number of piperidine rings is 1. The van der Waals surface area contributed by atoms with Gasteiger partial charge in [-0.1, -0.05) is 48.7 Å². The Bertz CT molecular complexity index is 721. The third-order valence-corrected chi connectivity index (χ3v) is 5.12. The molecular weight excluding hydrogens is 497 g/mol. The van der Waals surface area contributed by atoms with Gasteiger partial charge >= 0.3 is 12.1 Å². The van der Waals surface area contributed by atoms with Crippen molar-refractivity contribution in [1.29, 1.82) is 0 Å². The largest absolute Gasteiger partial charge is 0.461 e. The van der Waals surface area contributed by atoms with E-state index in [4.69, 9.17) is 44.3 Å². The van der Waals surface area contributed by atoms with Gasteiger partial charge in [0.15, 0.2) is 0 Å². The molecule has 3 amide bonds. The molecular formula is C21H34Cl3N3O6. The number of hydrogen-bond acceptors (Lipinski definition) is 6. The number of halogens is 3. The highest BCUT2D eigenvalue weighted by molar-refractivity contribution is 6.67. The first-order chi connectivity index (χ1) is 15.0. The number of nitrogens with one attached hydrogen (secondary N) is 2. The van der Waals surface area contributed by atoms with E-state index in [0.717, 1.165) is 0 Å². The van der Waals surface area contributed by atoms with Gasteiger partial charge in [-0.15, -0.1) is 0 Å². The maximum atomic E-state index is 12.9. The quantitative estimate of drug-likeness (QED) is 0.386. The topological polar surface area (TPSA) is 114 Å². The lowest BCUT2D eigenvalue weighted by Crippen LogP contribution is -2.56. The Morgan fingerprint density at radius 1 is 1.06 bits per heavy atom. The Labute approximate surface area is 210 Å². The van der Waals surface area contributed by atoms with Crippen molar-refractivity contribution in [1.82, 2.24) is 15.5 Å². The van der Waals surface area contributed by atoms with Crippen LogP contribution in [0, 0.1) is 11.8 Å². The molecule has 1 aliphatic heterocycles. The van der Waals surface area contributed by atoms with E-state index >= 15 is 0 Å². The first-order valence-electron chi connectivity index (χ1n) is 10.8. The van der Waals surface area contributed by atoms with E-state index in [2.05, 4.69) is 10.6 Å². The third-order valence-electron chi connectivity index (χ3n) is 4.80. The minimum atomic E-state index is -1.71. The summed E-state index contributed by atoms with van der Waals surface area (Å²) in [6.07, 6.45) is 0.412. The van der Waals surface area contributed by atoms with Gasteiger partial charge in [-0.25, -0.2) is 4.79 Å². The van der Waals surface area contributed by atoms with Gasteiger partial charge in [0.1, 0.15) is 24.3 Å². The molecule has 9 nitrogen and oxygen atoms in total. The van der Waals surface area contributed by atoms with E-state index < -0.39 is 45.4 Å². The van der Waals surface area contributed by atoms with E-state index in [1.165, 1.54) is 4.90 Å². The van der Waals surface area contributed by atoms with Gasteiger partial charge in [0, 0.05) is 13.1 Å². The lowest BCUT2D eigenvalue weighted by atomic mass is 9.97. The second-order valence-electron chi connectivity index (χ2n) is 9.44. The molecule has 0 aromatic rings. The monoisotopic (exact) mass is 529 g/mol. The molecule has 1 saturated heterocycles. The molecule has 1 aliphatic rings. The first kappa shape index (κ1) is 29.6. The zero-order valence-electron chi connectivity index (χ0n) is 19.9. The number of nitrogens with zero attached hydrogens (tertiary/aromatic N) is 1. The van der Waals surface area contributed by atoms with Crippen molar-refractivity contribution in [2.24, 2.45) is 11.8 Å². The van der Waals surface area contributed by atoms with E-state index in [1.54, 1.807) is 41.5 Å². The SMILES string of the molecule is CC(C)[C@H](NC(=O)OC(C)(C)C)C(=O)N[C@@H](C)C(=O)N1CCC[C@@H](C(=O)OCC(Cl)(Cl)Cl)C1. The van der Waals surface area contributed by atoms with Gasteiger partial charge in [0.05, 0.1) is 5.92 Å². The molecule has 12 heteroatoms. The van der Waals surface area contributed by atoms with Gasteiger partial charge in [-0.05, 0) is 46.5 Å². The summed E-state index contributed by atoms with van der Waals surface area (Å²) in [5.74, 6) is -2.19. The number of carbonyl (C=O) groups excluding carboxylic acids is 4. The second-order valence-corrected chi connectivity index (χ2v) is 12.0. The summed E-state index contributed by atoms with van der Waals surface area (Å²) >= 11 is 16.8. The van der Waals surface area contributed by atoms with Crippen LogP contribution < -0.4 is 10.6 Å². The molecule has 1 fully saturated rings. The number of rotatable bonds is 7. The Kier molecular flexibility index (Phi) is 11.0. The molecule has 1 rings (SSSR count). The van der Waals surface area contributed by atoms with Crippen molar-refractivity contribution >= 4 is 58.7 Å². The van der Waals surface area contributed by atoms with Crippen LogP contribution in [0.25, 0.3) is 0 Å². The van der Waals surface area contributed by atoms with Gasteiger partial charge in [-0.2, -0.15) is 0 Å². The van der Waals surface area contributed by atoms with Crippen LogP contribution in [0.15, 0.2) is 0 Å². The number of likely N-dealkylation sites (tertiary alicyclic amines) is 1. The minimum Gasteiger partial charge on any atom is -0.461 e. The molecule has 0 spiro atoms. The molecule has 33 heavy (non-hydrogen) atoms. The zero-order chi connectivity index (χ0) is 25.6. The summed E-state index contributed by atoms with van der Waals surface area (Å²) in [6.45, 7) is 10.5. The smallest absolute Gasteiger partial charge is 0.408 e. The zero-order valence-corrected chi connectivity index (χ0v) is 22.1. The van der Waals surface area contributed by atoms with Gasteiger partial charge in [0.2, 0.25) is 15.6 Å². The fourth-order valence-corrected chi connectivity index (χ4v) is 3.41. The lowest BCUT2D eigenvalue weighted by Gasteiger charge is -2.34. The van der Waals surface area contributed by atoms with Crippen LogP contribution in [0.3, 0.4) is 0 Å². The first-order valence-corrected chi connectivity index (χ1v) is 12.0.